The summed E-state index contributed by atoms with van der Waals surface area (Å²) in [6, 6.07) is 0. The molecule has 0 aliphatic rings. The summed E-state index contributed by atoms with van der Waals surface area (Å²) in [5.74, 6) is -2.53. The number of rotatable bonds is 7. The lowest BCUT2D eigenvalue weighted by molar-refractivity contribution is -0.161. The molecule has 0 amide bonds. The molecule has 0 rings (SSSR count). The second kappa shape index (κ2) is 7.73. The summed E-state index contributed by atoms with van der Waals surface area (Å²) >= 11 is 0. The van der Waals surface area contributed by atoms with Gasteiger partial charge in [0.1, 0.15) is 5.76 Å². The molecule has 0 radical (unpaired) electrons. The van der Waals surface area contributed by atoms with Gasteiger partial charge in [-0.2, -0.15) is 0 Å². The average Bonchev–Trinajstić information content (AvgIpc) is 2.19. The molecule has 5 nitrogen and oxygen atoms in total. The third-order valence-corrected chi connectivity index (χ3v) is 1.70. The Morgan fingerprint density at radius 3 is 1.62 bits per heavy atom. The van der Waals surface area contributed by atoms with E-state index in [1.807, 2.05) is 0 Å². The van der Waals surface area contributed by atoms with E-state index in [2.05, 4.69) is 6.58 Å². The van der Waals surface area contributed by atoms with Crippen molar-refractivity contribution in [1.29, 1.82) is 0 Å². The van der Waals surface area contributed by atoms with Gasteiger partial charge in [0.05, 0.1) is 19.8 Å². The highest BCUT2D eigenvalue weighted by molar-refractivity contribution is 5.97. The zero-order valence-corrected chi connectivity index (χ0v) is 9.95. The van der Waals surface area contributed by atoms with Gasteiger partial charge >= 0.3 is 11.9 Å². The van der Waals surface area contributed by atoms with Crippen molar-refractivity contribution in [2.24, 2.45) is 5.92 Å². The van der Waals surface area contributed by atoms with E-state index in [1.165, 1.54) is 0 Å². The van der Waals surface area contributed by atoms with Crippen LogP contribution in [0, 0.1) is 5.92 Å². The van der Waals surface area contributed by atoms with Gasteiger partial charge in [-0.1, -0.05) is 6.58 Å². The highest BCUT2D eigenvalue weighted by Crippen LogP contribution is 2.15. The molecule has 0 saturated carbocycles. The minimum absolute atomic E-state index is 0.0550. The molecule has 0 spiro atoms. The van der Waals surface area contributed by atoms with Crippen LogP contribution in [-0.4, -0.2) is 31.8 Å². The fraction of sp³-hybridized carbons (Fsp3) is 0.636. The van der Waals surface area contributed by atoms with Crippen LogP contribution in [0.25, 0.3) is 0 Å². The van der Waals surface area contributed by atoms with Crippen LogP contribution in [0.2, 0.25) is 0 Å². The van der Waals surface area contributed by atoms with E-state index in [9.17, 15) is 9.59 Å². The summed E-state index contributed by atoms with van der Waals surface area (Å²) in [6.07, 6.45) is 0. The van der Waals surface area contributed by atoms with Crippen LogP contribution < -0.4 is 0 Å². The Labute approximate surface area is 95.4 Å². The highest BCUT2D eigenvalue weighted by atomic mass is 16.6. The highest BCUT2D eigenvalue weighted by Gasteiger charge is 2.33. The van der Waals surface area contributed by atoms with Gasteiger partial charge in [0, 0.05) is 0 Å². The standard InChI is InChI=1S/C11H18O5/c1-5-14-8(4)9(10(12)15-6-2)11(13)16-7-3/h9H,4-7H2,1-3H3. The predicted octanol–water partition coefficient (Wildman–Crippen LogP) is 1.28. The summed E-state index contributed by atoms with van der Waals surface area (Å²) in [4.78, 5) is 23.0. The number of carbonyl (C=O) groups is 2. The lowest BCUT2D eigenvalue weighted by Gasteiger charge is -2.16. The fourth-order valence-corrected chi connectivity index (χ4v) is 1.08. The zero-order valence-electron chi connectivity index (χ0n) is 9.95. The summed E-state index contributed by atoms with van der Waals surface area (Å²) < 4.78 is 14.6. The number of carbonyl (C=O) groups excluding carboxylic acids is 2. The minimum Gasteiger partial charge on any atom is -0.497 e. The van der Waals surface area contributed by atoms with Crippen LogP contribution in [0.3, 0.4) is 0 Å². The molecule has 0 atom stereocenters. The molecule has 0 N–H and O–H groups in total. The molecule has 0 bridgehead atoms. The Morgan fingerprint density at radius 2 is 1.31 bits per heavy atom. The largest absolute Gasteiger partial charge is 0.497 e. The van der Waals surface area contributed by atoms with E-state index < -0.39 is 17.9 Å². The Balaban J connectivity index is 4.68. The minimum atomic E-state index is -1.19. The number of ether oxygens (including phenoxy) is 3. The second-order valence-corrected chi connectivity index (χ2v) is 2.84. The Kier molecular flexibility index (Phi) is 7.00. The molecule has 0 aliphatic carbocycles. The molecular weight excluding hydrogens is 212 g/mol. The Morgan fingerprint density at radius 1 is 0.938 bits per heavy atom. The molecule has 0 fully saturated rings. The molecule has 0 saturated heterocycles. The van der Waals surface area contributed by atoms with E-state index >= 15 is 0 Å². The maximum absolute atomic E-state index is 11.5. The quantitative estimate of drug-likeness (QED) is 0.374. The maximum atomic E-state index is 11.5. The number of hydrogen-bond acceptors (Lipinski definition) is 5. The molecule has 0 aromatic rings. The first-order valence-electron chi connectivity index (χ1n) is 5.23. The Hall–Kier alpha value is -1.52. The third kappa shape index (κ3) is 4.33. The normalized spacial score (nSPS) is 9.75. The van der Waals surface area contributed by atoms with Gasteiger partial charge in [-0.15, -0.1) is 0 Å². The van der Waals surface area contributed by atoms with E-state index in [0.717, 1.165) is 0 Å². The van der Waals surface area contributed by atoms with Crippen molar-refractivity contribution in [3.8, 4) is 0 Å². The van der Waals surface area contributed by atoms with E-state index in [-0.39, 0.29) is 19.0 Å². The first kappa shape index (κ1) is 14.5. The molecule has 0 aliphatic heterocycles. The summed E-state index contributed by atoms with van der Waals surface area (Å²) in [7, 11) is 0. The first-order valence-corrected chi connectivity index (χ1v) is 5.23. The van der Waals surface area contributed by atoms with Crippen LogP contribution in [0.4, 0.5) is 0 Å². The molecule has 0 heterocycles. The first-order chi connectivity index (χ1) is 7.58. The lowest BCUT2D eigenvalue weighted by Crippen LogP contribution is -2.30. The van der Waals surface area contributed by atoms with Crippen molar-refractivity contribution < 1.29 is 23.8 Å². The fourth-order valence-electron chi connectivity index (χ4n) is 1.08. The molecule has 0 unspecified atom stereocenters. The molecule has 5 heteroatoms. The SMILES string of the molecule is C=C(OCC)C(C(=O)OCC)C(=O)OCC. The van der Waals surface area contributed by atoms with E-state index in [1.54, 1.807) is 20.8 Å². The van der Waals surface area contributed by atoms with Crippen molar-refractivity contribution in [2.75, 3.05) is 19.8 Å². The molecule has 16 heavy (non-hydrogen) atoms. The van der Waals surface area contributed by atoms with Crippen LogP contribution in [0.5, 0.6) is 0 Å². The summed E-state index contributed by atoms with van der Waals surface area (Å²) in [5.41, 5.74) is 0. The van der Waals surface area contributed by atoms with Gasteiger partial charge < -0.3 is 14.2 Å². The van der Waals surface area contributed by atoms with Crippen molar-refractivity contribution in [2.45, 2.75) is 20.8 Å². The Bertz CT molecular complexity index is 216. The zero-order chi connectivity index (χ0) is 12.6. The molecule has 92 valence electrons. The summed E-state index contributed by atoms with van der Waals surface area (Å²) in [5, 5.41) is 0. The van der Waals surface area contributed by atoms with E-state index in [4.69, 9.17) is 14.2 Å². The van der Waals surface area contributed by atoms with Crippen LogP contribution in [-0.2, 0) is 23.8 Å². The van der Waals surface area contributed by atoms with Crippen LogP contribution in [0.1, 0.15) is 20.8 Å². The van der Waals surface area contributed by atoms with Gasteiger partial charge in [0.25, 0.3) is 0 Å². The van der Waals surface area contributed by atoms with Crippen LogP contribution >= 0.6 is 0 Å². The van der Waals surface area contributed by atoms with E-state index in [0.29, 0.717) is 6.61 Å². The molecule has 0 aromatic carbocycles. The van der Waals surface area contributed by atoms with Gasteiger partial charge in [0.2, 0.25) is 5.92 Å². The van der Waals surface area contributed by atoms with Crippen molar-refractivity contribution in [3.05, 3.63) is 12.3 Å². The van der Waals surface area contributed by atoms with Gasteiger partial charge in [-0.25, -0.2) is 0 Å². The molecular formula is C11H18O5. The lowest BCUT2D eigenvalue weighted by atomic mass is 10.1. The average molecular weight is 230 g/mol. The van der Waals surface area contributed by atoms with Crippen molar-refractivity contribution >= 4 is 11.9 Å². The number of esters is 2. The maximum Gasteiger partial charge on any atom is 0.328 e. The monoisotopic (exact) mass is 230 g/mol. The van der Waals surface area contributed by atoms with Gasteiger partial charge in [0.15, 0.2) is 0 Å². The summed E-state index contributed by atoms with van der Waals surface area (Å²) in [6.45, 7) is 9.28. The predicted molar refractivity (Wildman–Crippen MR) is 57.5 cm³/mol. The third-order valence-electron chi connectivity index (χ3n) is 1.70. The molecule has 0 aromatic heterocycles. The van der Waals surface area contributed by atoms with Gasteiger partial charge in [-0.05, 0) is 20.8 Å². The smallest absolute Gasteiger partial charge is 0.328 e. The topological polar surface area (TPSA) is 61.8 Å². The van der Waals surface area contributed by atoms with Crippen molar-refractivity contribution in [1.82, 2.24) is 0 Å². The van der Waals surface area contributed by atoms with Crippen LogP contribution in [0.15, 0.2) is 12.3 Å². The number of hydrogen-bond donors (Lipinski definition) is 0. The second-order valence-electron chi connectivity index (χ2n) is 2.84. The van der Waals surface area contributed by atoms with Gasteiger partial charge in [-0.3, -0.25) is 9.59 Å². The van der Waals surface area contributed by atoms with Crippen molar-refractivity contribution in [3.63, 3.8) is 0 Å².